The Kier molecular flexibility index (Phi) is 6.33. The fourth-order valence-electron chi connectivity index (χ4n) is 3.08. The quantitative estimate of drug-likeness (QED) is 0.561. The normalized spacial score (nSPS) is 14.8. The first-order valence-corrected chi connectivity index (χ1v) is 10.6. The van der Waals surface area contributed by atoms with Crippen molar-refractivity contribution in [1.82, 2.24) is 0 Å². The SMILES string of the molecule is O=C(C[C@@H]1Sc2ccccc2NC1=O)OCc1ccc(C(=O)Nc2ccccc2)cc1. The van der Waals surface area contributed by atoms with Crippen LogP contribution in [0.1, 0.15) is 22.3 Å². The molecular formula is C24H20N2O4S. The highest BCUT2D eigenvalue weighted by molar-refractivity contribution is 8.01. The van der Waals surface area contributed by atoms with Crippen molar-refractivity contribution in [3.63, 3.8) is 0 Å². The molecule has 0 fully saturated rings. The van der Waals surface area contributed by atoms with Gasteiger partial charge in [0.05, 0.1) is 17.4 Å². The van der Waals surface area contributed by atoms with E-state index in [9.17, 15) is 14.4 Å². The van der Waals surface area contributed by atoms with Crippen LogP contribution in [0.5, 0.6) is 0 Å². The lowest BCUT2D eigenvalue weighted by atomic mass is 10.1. The fourth-order valence-corrected chi connectivity index (χ4v) is 4.17. The Bertz CT molecular complexity index is 1100. The second-order valence-electron chi connectivity index (χ2n) is 6.97. The van der Waals surface area contributed by atoms with E-state index in [0.29, 0.717) is 5.56 Å². The van der Waals surface area contributed by atoms with E-state index in [2.05, 4.69) is 10.6 Å². The molecule has 6 nitrogen and oxygen atoms in total. The second-order valence-corrected chi connectivity index (χ2v) is 8.22. The molecular weight excluding hydrogens is 412 g/mol. The van der Waals surface area contributed by atoms with Crippen LogP contribution in [0.2, 0.25) is 0 Å². The van der Waals surface area contributed by atoms with Crippen molar-refractivity contribution < 1.29 is 19.1 Å². The molecule has 156 valence electrons. The van der Waals surface area contributed by atoms with Crippen molar-refractivity contribution in [2.75, 3.05) is 10.6 Å². The van der Waals surface area contributed by atoms with Gasteiger partial charge in [-0.15, -0.1) is 11.8 Å². The Balaban J connectivity index is 1.28. The molecule has 0 saturated carbocycles. The third-order valence-electron chi connectivity index (χ3n) is 4.71. The van der Waals surface area contributed by atoms with Gasteiger partial charge in [-0.3, -0.25) is 14.4 Å². The van der Waals surface area contributed by atoms with E-state index in [1.165, 1.54) is 11.8 Å². The smallest absolute Gasteiger partial charge is 0.307 e. The number of carbonyl (C=O) groups excluding carboxylic acids is 3. The molecule has 1 atom stereocenters. The van der Waals surface area contributed by atoms with Gasteiger partial charge in [-0.1, -0.05) is 42.5 Å². The summed E-state index contributed by atoms with van der Waals surface area (Å²) < 4.78 is 5.33. The number of ether oxygens (including phenoxy) is 1. The zero-order valence-corrected chi connectivity index (χ0v) is 17.4. The van der Waals surface area contributed by atoms with Crippen LogP contribution in [0, 0.1) is 0 Å². The van der Waals surface area contributed by atoms with Crippen LogP contribution in [-0.4, -0.2) is 23.0 Å². The van der Waals surface area contributed by atoms with Crippen LogP contribution in [0.3, 0.4) is 0 Å². The van der Waals surface area contributed by atoms with E-state index in [1.807, 2.05) is 54.6 Å². The van der Waals surface area contributed by atoms with Gasteiger partial charge >= 0.3 is 5.97 Å². The highest BCUT2D eigenvalue weighted by Gasteiger charge is 2.29. The van der Waals surface area contributed by atoms with Crippen molar-refractivity contribution in [2.45, 2.75) is 23.2 Å². The van der Waals surface area contributed by atoms with Crippen LogP contribution in [0.15, 0.2) is 83.8 Å². The molecule has 2 amide bonds. The van der Waals surface area contributed by atoms with Crippen molar-refractivity contribution in [3.05, 3.63) is 90.0 Å². The highest BCUT2D eigenvalue weighted by Crippen LogP contribution is 2.36. The number of nitrogens with one attached hydrogen (secondary N) is 2. The minimum atomic E-state index is -0.522. The molecule has 3 aromatic rings. The first kappa shape index (κ1) is 20.7. The molecule has 0 bridgehead atoms. The summed E-state index contributed by atoms with van der Waals surface area (Å²) in [5.41, 5.74) is 2.75. The van der Waals surface area contributed by atoms with Gasteiger partial charge in [-0.2, -0.15) is 0 Å². The van der Waals surface area contributed by atoms with Gasteiger partial charge in [0.2, 0.25) is 5.91 Å². The number of anilines is 2. The molecule has 0 saturated heterocycles. The summed E-state index contributed by atoms with van der Waals surface area (Å²) in [6.07, 6.45) is -0.0115. The summed E-state index contributed by atoms with van der Waals surface area (Å²) in [6.45, 7) is 0.0784. The van der Waals surface area contributed by atoms with E-state index in [1.54, 1.807) is 24.3 Å². The van der Waals surface area contributed by atoms with Crippen molar-refractivity contribution in [1.29, 1.82) is 0 Å². The molecule has 4 rings (SSSR count). The molecule has 1 aliphatic heterocycles. The van der Waals surface area contributed by atoms with Crippen LogP contribution < -0.4 is 10.6 Å². The molecule has 0 spiro atoms. The first-order chi connectivity index (χ1) is 15.1. The largest absolute Gasteiger partial charge is 0.461 e. The summed E-state index contributed by atoms with van der Waals surface area (Å²) in [7, 11) is 0. The van der Waals surface area contributed by atoms with E-state index in [-0.39, 0.29) is 24.8 Å². The zero-order valence-electron chi connectivity index (χ0n) is 16.5. The second kappa shape index (κ2) is 9.49. The van der Waals surface area contributed by atoms with Gasteiger partial charge in [0.25, 0.3) is 5.91 Å². The van der Waals surface area contributed by atoms with Crippen LogP contribution >= 0.6 is 11.8 Å². The number of benzene rings is 3. The maximum absolute atomic E-state index is 12.3. The average Bonchev–Trinajstić information content (AvgIpc) is 2.79. The molecule has 0 radical (unpaired) electrons. The number of fused-ring (bicyclic) bond motifs is 1. The molecule has 1 heterocycles. The molecule has 1 aliphatic rings. The monoisotopic (exact) mass is 432 g/mol. The lowest BCUT2D eigenvalue weighted by Gasteiger charge is -2.23. The third kappa shape index (κ3) is 5.32. The predicted molar refractivity (Wildman–Crippen MR) is 120 cm³/mol. The Labute approximate surface area is 184 Å². The van der Waals surface area contributed by atoms with Crippen molar-refractivity contribution in [3.8, 4) is 0 Å². The lowest BCUT2D eigenvalue weighted by Crippen LogP contribution is -2.31. The molecule has 7 heteroatoms. The number of amides is 2. The van der Waals surface area contributed by atoms with Crippen molar-refractivity contribution in [2.24, 2.45) is 0 Å². The van der Waals surface area contributed by atoms with Gasteiger partial charge in [-0.05, 0) is 42.0 Å². The highest BCUT2D eigenvalue weighted by atomic mass is 32.2. The lowest BCUT2D eigenvalue weighted by molar-refractivity contribution is -0.145. The minimum absolute atomic E-state index is 0.0115. The number of carbonyl (C=O) groups is 3. The van der Waals surface area contributed by atoms with Crippen LogP contribution in [0.4, 0.5) is 11.4 Å². The maximum atomic E-state index is 12.3. The molecule has 0 aliphatic carbocycles. The zero-order chi connectivity index (χ0) is 21.6. The Morgan fingerprint density at radius 1 is 0.935 bits per heavy atom. The van der Waals surface area contributed by atoms with Crippen LogP contribution in [-0.2, 0) is 20.9 Å². The van der Waals surface area contributed by atoms with E-state index in [0.717, 1.165) is 21.8 Å². The van der Waals surface area contributed by atoms with E-state index >= 15 is 0 Å². The summed E-state index contributed by atoms with van der Waals surface area (Å²) in [6, 6.07) is 23.5. The molecule has 0 aromatic heterocycles. The van der Waals surface area contributed by atoms with E-state index in [4.69, 9.17) is 4.74 Å². The van der Waals surface area contributed by atoms with Gasteiger partial charge in [-0.25, -0.2) is 0 Å². The Morgan fingerprint density at radius 2 is 1.65 bits per heavy atom. The predicted octanol–water partition coefficient (Wildman–Crippen LogP) is 4.49. The van der Waals surface area contributed by atoms with Gasteiger partial charge in [0, 0.05) is 16.1 Å². The standard InChI is InChI=1S/C24H20N2O4S/c27-22(14-21-24(29)26-19-8-4-5-9-20(19)31-21)30-15-16-10-12-17(13-11-16)23(28)25-18-6-2-1-3-7-18/h1-13,21H,14-15H2,(H,25,28)(H,26,29)/t21-/m0/s1. The average molecular weight is 433 g/mol. The number of hydrogen-bond acceptors (Lipinski definition) is 5. The number of esters is 1. The third-order valence-corrected chi connectivity index (χ3v) is 5.98. The topological polar surface area (TPSA) is 84.5 Å². The number of para-hydroxylation sites is 2. The van der Waals surface area contributed by atoms with Gasteiger partial charge in [0.1, 0.15) is 6.61 Å². The Hall–Kier alpha value is -3.58. The number of rotatable bonds is 6. The van der Waals surface area contributed by atoms with E-state index < -0.39 is 11.2 Å². The van der Waals surface area contributed by atoms with Gasteiger partial charge < -0.3 is 15.4 Å². The number of hydrogen-bond donors (Lipinski definition) is 2. The van der Waals surface area contributed by atoms with Gasteiger partial charge in [0.15, 0.2) is 0 Å². The molecule has 31 heavy (non-hydrogen) atoms. The fraction of sp³-hybridized carbons (Fsp3) is 0.125. The van der Waals surface area contributed by atoms with Crippen LogP contribution in [0.25, 0.3) is 0 Å². The van der Waals surface area contributed by atoms with Crippen molar-refractivity contribution >= 4 is 40.9 Å². The number of thioether (sulfide) groups is 1. The minimum Gasteiger partial charge on any atom is -0.461 e. The molecule has 0 unspecified atom stereocenters. The summed E-state index contributed by atoms with van der Waals surface area (Å²) in [5.74, 6) is -0.859. The Morgan fingerprint density at radius 3 is 2.42 bits per heavy atom. The maximum Gasteiger partial charge on any atom is 0.307 e. The first-order valence-electron chi connectivity index (χ1n) is 9.76. The molecule has 3 aromatic carbocycles. The summed E-state index contributed by atoms with van der Waals surface area (Å²) in [4.78, 5) is 37.7. The molecule has 2 N–H and O–H groups in total. The summed E-state index contributed by atoms with van der Waals surface area (Å²) >= 11 is 1.36. The summed E-state index contributed by atoms with van der Waals surface area (Å²) in [5, 5.41) is 5.12.